The molecular weight excluding hydrogens is 196 g/mol. The predicted molar refractivity (Wildman–Crippen MR) is 57.3 cm³/mol. The van der Waals surface area contributed by atoms with Crippen LogP contribution in [0.3, 0.4) is 0 Å². The predicted octanol–water partition coefficient (Wildman–Crippen LogP) is 0.341. The number of amides is 1. The van der Waals surface area contributed by atoms with E-state index >= 15 is 0 Å². The van der Waals surface area contributed by atoms with E-state index in [2.05, 4.69) is 5.32 Å². The summed E-state index contributed by atoms with van der Waals surface area (Å²) in [5.41, 5.74) is 5.49. The summed E-state index contributed by atoms with van der Waals surface area (Å²) in [7, 11) is 0. The van der Waals surface area contributed by atoms with Gasteiger partial charge in [0.25, 0.3) is 0 Å². The summed E-state index contributed by atoms with van der Waals surface area (Å²) in [6, 6.07) is -0.541. The number of carbonyl (C=O) groups is 2. The van der Waals surface area contributed by atoms with Crippen LogP contribution >= 0.6 is 0 Å². The first-order valence-electron chi connectivity index (χ1n) is 5.29. The van der Waals surface area contributed by atoms with Crippen molar-refractivity contribution in [3.8, 4) is 0 Å². The zero-order valence-corrected chi connectivity index (χ0v) is 9.32. The highest BCUT2D eigenvalue weighted by Crippen LogP contribution is 2.05. The third-order valence-corrected chi connectivity index (χ3v) is 2.29. The molecule has 0 aliphatic heterocycles. The second kappa shape index (κ2) is 7.23. The first kappa shape index (κ1) is 13.9. The van der Waals surface area contributed by atoms with Gasteiger partial charge in [-0.3, -0.25) is 9.59 Å². The Morgan fingerprint density at radius 1 is 1.40 bits per heavy atom. The minimum Gasteiger partial charge on any atom is -0.481 e. The van der Waals surface area contributed by atoms with Gasteiger partial charge < -0.3 is 16.2 Å². The molecule has 88 valence electrons. The van der Waals surface area contributed by atoms with Gasteiger partial charge in [0.05, 0.1) is 12.0 Å². The van der Waals surface area contributed by atoms with Crippen molar-refractivity contribution in [2.45, 2.75) is 39.2 Å². The van der Waals surface area contributed by atoms with Crippen LogP contribution < -0.4 is 11.1 Å². The molecule has 4 N–H and O–H groups in total. The molecule has 1 amide bonds. The number of carboxylic acid groups (broad SMARTS) is 1. The van der Waals surface area contributed by atoms with E-state index in [0.717, 1.165) is 6.42 Å². The van der Waals surface area contributed by atoms with Gasteiger partial charge in [-0.15, -0.1) is 0 Å². The van der Waals surface area contributed by atoms with Crippen molar-refractivity contribution < 1.29 is 14.7 Å². The average molecular weight is 216 g/mol. The molecule has 5 heteroatoms. The summed E-state index contributed by atoms with van der Waals surface area (Å²) in [4.78, 5) is 22.0. The van der Waals surface area contributed by atoms with Crippen molar-refractivity contribution in [1.82, 2.24) is 5.32 Å². The van der Waals surface area contributed by atoms with E-state index in [1.54, 1.807) is 0 Å². The van der Waals surface area contributed by atoms with Crippen molar-refractivity contribution >= 4 is 11.9 Å². The van der Waals surface area contributed by atoms with E-state index in [1.165, 1.54) is 0 Å². The Kier molecular flexibility index (Phi) is 6.70. The van der Waals surface area contributed by atoms with Crippen molar-refractivity contribution in [2.75, 3.05) is 6.54 Å². The molecule has 0 aliphatic carbocycles. The largest absolute Gasteiger partial charge is 0.481 e. The van der Waals surface area contributed by atoms with Gasteiger partial charge in [-0.25, -0.2) is 0 Å². The molecule has 0 saturated heterocycles. The smallest absolute Gasteiger partial charge is 0.308 e. The topological polar surface area (TPSA) is 92.4 Å². The molecule has 0 aliphatic rings. The lowest BCUT2D eigenvalue weighted by molar-refractivity contribution is -0.142. The van der Waals surface area contributed by atoms with Crippen molar-refractivity contribution in [3.63, 3.8) is 0 Å². The molecule has 15 heavy (non-hydrogen) atoms. The molecule has 0 fully saturated rings. The van der Waals surface area contributed by atoms with E-state index < -0.39 is 17.9 Å². The molecule has 0 heterocycles. The summed E-state index contributed by atoms with van der Waals surface area (Å²) >= 11 is 0. The van der Waals surface area contributed by atoms with Crippen LogP contribution in [0.1, 0.15) is 33.1 Å². The van der Waals surface area contributed by atoms with Gasteiger partial charge >= 0.3 is 5.97 Å². The average Bonchev–Trinajstić information content (AvgIpc) is 2.21. The van der Waals surface area contributed by atoms with Crippen LogP contribution in [0.4, 0.5) is 0 Å². The molecule has 0 saturated carbocycles. The maximum Gasteiger partial charge on any atom is 0.308 e. The minimum absolute atomic E-state index is 0.162. The highest BCUT2D eigenvalue weighted by molar-refractivity contribution is 5.82. The molecule has 2 atom stereocenters. The van der Waals surface area contributed by atoms with Crippen LogP contribution in [-0.4, -0.2) is 29.6 Å². The van der Waals surface area contributed by atoms with Gasteiger partial charge in [0.1, 0.15) is 0 Å². The zero-order valence-electron chi connectivity index (χ0n) is 9.32. The number of nitrogens with two attached hydrogens (primary N) is 1. The number of hydrogen-bond acceptors (Lipinski definition) is 3. The third kappa shape index (κ3) is 5.37. The lowest BCUT2D eigenvalue weighted by Gasteiger charge is -2.14. The maximum atomic E-state index is 11.3. The fraction of sp³-hybridized carbons (Fsp3) is 0.800. The SMILES string of the molecule is CCCC(CNC(=O)C(N)CC)C(=O)O. The molecule has 0 aromatic heterocycles. The molecule has 0 bridgehead atoms. The quantitative estimate of drug-likeness (QED) is 0.572. The van der Waals surface area contributed by atoms with E-state index in [1.807, 2.05) is 13.8 Å². The number of nitrogens with one attached hydrogen (secondary N) is 1. The Balaban J connectivity index is 3.99. The third-order valence-electron chi connectivity index (χ3n) is 2.29. The normalized spacial score (nSPS) is 14.3. The summed E-state index contributed by atoms with van der Waals surface area (Å²) in [5.74, 6) is -1.66. The van der Waals surface area contributed by atoms with Crippen LogP contribution in [0.5, 0.6) is 0 Å². The molecule has 2 unspecified atom stereocenters. The van der Waals surface area contributed by atoms with Gasteiger partial charge in [-0.1, -0.05) is 20.3 Å². The summed E-state index contributed by atoms with van der Waals surface area (Å²) in [6.07, 6.45) is 1.90. The Morgan fingerprint density at radius 3 is 2.40 bits per heavy atom. The highest BCUT2D eigenvalue weighted by Gasteiger charge is 2.18. The molecule has 0 radical (unpaired) electrons. The highest BCUT2D eigenvalue weighted by atomic mass is 16.4. The van der Waals surface area contributed by atoms with Crippen molar-refractivity contribution in [1.29, 1.82) is 0 Å². The standard InChI is InChI=1S/C10H20N2O3/c1-3-5-7(10(14)15)6-12-9(13)8(11)4-2/h7-8H,3-6,11H2,1-2H3,(H,12,13)(H,14,15). The number of carboxylic acids is 1. The molecule has 0 spiro atoms. The van der Waals surface area contributed by atoms with Gasteiger partial charge in [0.15, 0.2) is 0 Å². The van der Waals surface area contributed by atoms with Gasteiger partial charge in [-0.2, -0.15) is 0 Å². The lowest BCUT2D eigenvalue weighted by Crippen LogP contribution is -2.43. The van der Waals surface area contributed by atoms with E-state index in [4.69, 9.17) is 10.8 Å². The Bertz CT molecular complexity index is 219. The van der Waals surface area contributed by atoms with Crippen molar-refractivity contribution in [2.24, 2.45) is 11.7 Å². The molecular formula is C10H20N2O3. The lowest BCUT2D eigenvalue weighted by atomic mass is 10.0. The van der Waals surface area contributed by atoms with Crippen LogP contribution in [0, 0.1) is 5.92 Å². The van der Waals surface area contributed by atoms with Gasteiger partial charge in [0.2, 0.25) is 5.91 Å². The van der Waals surface area contributed by atoms with E-state index in [9.17, 15) is 9.59 Å². The van der Waals surface area contributed by atoms with Crippen LogP contribution in [-0.2, 0) is 9.59 Å². The molecule has 0 rings (SSSR count). The van der Waals surface area contributed by atoms with Gasteiger partial charge in [-0.05, 0) is 12.8 Å². The first-order valence-corrected chi connectivity index (χ1v) is 5.29. The fourth-order valence-electron chi connectivity index (χ4n) is 1.20. The second-order valence-corrected chi connectivity index (χ2v) is 3.58. The summed E-state index contributed by atoms with van der Waals surface area (Å²) in [5, 5.41) is 11.4. The Hall–Kier alpha value is -1.10. The Labute approximate surface area is 90.0 Å². The molecule has 0 aromatic rings. The number of hydrogen-bond donors (Lipinski definition) is 3. The van der Waals surface area contributed by atoms with Crippen molar-refractivity contribution in [3.05, 3.63) is 0 Å². The minimum atomic E-state index is -0.873. The zero-order chi connectivity index (χ0) is 11.8. The molecule has 0 aromatic carbocycles. The molecule has 5 nitrogen and oxygen atoms in total. The van der Waals surface area contributed by atoms with Gasteiger partial charge in [0, 0.05) is 6.54 Å². The number of rotatable bonds is 7. The maximum absolute atomic E-state index is 11.3. The van der Waals surface area contributed by atoms with Crippen LogP contribution in [0.2, 0.25) is 0 Å². The van der Waals surface area contributed by atoms with Crippen LogP contribution in [0.15, 0.2) is 0 Å². The summed E-state index contributed by atoms with van der Waals surface area (Å²) in [6.45, 7) is 3.89. The number of carbonyl (C=O) groups excluding carboxylic acids is 1. The monoisotopic (exact) mass is 216 g/mol. The van der Waals surface area contributed by atoms with E-state index in [0.29, 0.717) is 12.8 Å². The first-order chi connectivity index (χ1) is 7.02. The van der Waals surface area contributed by atoms with Crippen LogP contribution in [0.25, 0.3) is 0 Å². The van der Waals surface area contributed by atoms with E-state index in [-0.39, 0.29) is 12.5 Å². The fourth-order valence-corrected chi connectivity index (χ4v) is 1.20. The second-order valence-electron chi connectivity index (χ2n) is 3.58. The Morgan fingerprint density at radius 2 is 2.00 bits per heavy atom. The number of aliphatic carboxylic acids is 1. The summed E-state index contributed by atoms with van der Waals surface area (Å²) < 4.78 is 0.